The number of pyridine rings is 1. The standard InChI is InChI=1S/C20H23FN4O2/c1-14(2)12-18(26)22-10-11-24-19-17(4-3-9-23-19)25(20(24)27)13-15-5-7-16(21)8-6-15/h3-9,14H,10-13H2,1-2H3,(H,22,26). The van der Waals surface area contributed by atoms with E-state index in [-0.39, 0.29) is 23.3 Å². The number of nitrogens with one attached hydrogen (secondary N) is 1. The maximum atomic E-state index is 13.1. The Balaban J connectivity index is 1.83. The van der Waals surface area contributed by atoms with E-state index in [9.17, 15) is 14.0 Å². The first kappa shape index (κ1) is 18.8. The Morgan fingerprint density at radius 3 is 2.63 bits per heavy atom. The van der Waals surface area contributed by atoms with Gasteiger partial charge in [0, 0.05) is 25.7 Å². The summed E-state index contributed by atoms with van der Waals surface area (Å²) in [4.78, 5) is 29.1. The van der Waals surface area contributed by atoms with Gasteiger partial charge in [-0.1, -0.05) is 26.0 Å². The van der Waals surface area contributed by atoms with Crippen molar-refractivity contribution in [1.29, 1.82) is 0 Å². The molecule has 0 saturated carbocycles. The van der Waals surface area contributed by atoms with Crippen molar-refractivity contribution in [3.05, 3.63) is 64.5 Å². The molecule has 2 aromatic heterocycles. The van der Waals surface area contributed by atoms with Crippen LogP contribution in [0.5, 0.6) is 0 Å². The van der Waals surface area contributed by atoms with Gasteiger partial charge in [-0.25, -0.2) is 14.2 Å². The van der Waals surface area contributed by atoms with Gasteiger partial charge in [-0.3, -0.25) is 13.9 Å². The average molecular weight is 370 g/mol. The number of hydrogen-bond acceptors (Lipinski definition) is 3. The van der Waals surface area contributed by atoms with E-state index in [2.05, 4.69) is 10.3 Å². The van der Waals surface area contributed by atoms with Crippen LogP contribution in [0.4, 0.5) is 4.39 Å². The largest absolute Gasteiger partial charge is 0.354 e. The zero-order chi connectivity index (χ0) is 19.4. The Hall–Kier alpha value is -2.96. The highest BCUT2D eigenvalue weighted by Crippen LogP contribution is 2.12. The fourth-order valence-electron chi connectivity index (χ4n) is 3.02. The number of halogens is 1. The van der Waals surface area contributed by atoms with E-state index in [4.69, 9.17) is 0 Å². The number of fused-ring (bicyclic) bond motifs is 1. The predicted octanol–water partition coefficient (Wildman–Crippen LogP) is 2.55. The van der Waals surface area contributed by atoms with Gasteiger partial charge in [0.2, 0.25) is 5.91 Å². The number of carbonyl (C=O) groups is 1. The van der Waals surface area contributed by atoms with E-state index in [0.29, 0.717) is 37.2 Å². The molecule has 142 valence electrons. The lowest BCUT2D eigenvalue weighted by Crippen LogP contribution is -2.32. The van der Waals surface area contributed by atoms with Gasteiger partial charge in [0.25, 0.3) is 0 Å². The third-order valence-electron chi connectivity index (χ3n) is 4.28. The van der Waals surface area contributed by atoms with Gasteiger partial charge < -0.3 is 5.32 Å². The first-order valence-corrected chi connectivity index (χ1v) is 9.01. The summed E-state index contributed by atoms with van der Waals surface area (Å²) in [6, 6.07) is 9.68. The van der Waals surface area contributed by atoms with Crippen molar-refractivity contribution in [1.82, 2.24) is 19.4 Å². The number of benzene rings is 1. The van der Waals surface area contributed by atoms with Crippen molar-refractivity contribution in [3.8, 4) is 0 Å². The van der Waals surface area contributed by atoms with Crippen molar-refractivity contribution in [3.63, 3.8) is 0 Å². The van der Waals surface area contributed by atoms with Crippen molar-refractivity contribution in [2.45, 2.75) is 33.4 Å². The summed E-state index contributed by atoms with van der Waals surface area (Å²) < 4.78 is 16.3. The third-order valence-corrected chi connectivity index (χ3v) is 4.28. The molecule has 0 unspecified atom stereocenters. The number of nitrogens with zero attached hydrogens (tertiary/aromatic N) is 3. The van der Waals surface area contributed by atoms with Crippen LogP contribution < -0.4 is 11.0 Å². The Bertz CT molecular complexity index is 989. The highest BCUT2D eigenvalue weighted by Gasteiger charge is 2.14. The van der Waals surface area contributed by atoms with Crippen LogP contribution in [0.3, 0.4) is 0 Å². The zero-order valence-electron chi connectivity index (χ0n) is 15.5. The molecule has 0 bridgehead atoms. The van der Waals surface area contributed by atoms with Crippen LogP contribution >= 0.6 is 0 Å². The van der Waals surface area contributed by atoms with Crippen molar-refractivity contribution in [2.24, 2.45) is 5.92 Å². The molecule has 0 fully saturated rings. The minimum atomic E-state index is -0.313. The molecule has 3 rings (SSSR count). The Morgan fingerprint density at radius 1 is 1.19 bits per heavy atom. The first-order chi connectivity index (χ1) is 13.0. The molecule has 1 amide bonds. The quantitative estimate of drug-likeness (QED) is 0.695. The Kier molecular flexibility index (Phi) is 5.69. The highest BCUT2D eigenvalue weighted by molar-refractivity contribution is 5.76. The van der Waals surface area contributed by atoms with Gasteiger partial charge in [-0.05, 0) is 35.7 Å². The monoisotopic (exact) mass is 370 g/mol. The van der Waals surface area contributed by atoms with Crippen molar-refractivity contribution < 1.29 is 9.18 Å². The molecular weight excluding hydrogens is 347 g/mol. The van der Waals surface area contributed by atoms with Gasteiger partial charge in [-0.2, -0.15) is 0 Å². The molecule has 0 aliphatic rings. The SMILES string of the molecule is CC(C)CC(=O)NCCn1c(=O)n(Cc2ccc(F)cc2)c2cccnc21. The Morgan fingerprint density at radius 2 is 1.93 bits per heavy atom. The van der Waals surface area contributed by atoms with Gasteiger partial charge in [0.15, 0.2) is 5.65 Å². The van der Waals surface area contributed by atoms with Crippen LogP contribution in [0, 0.1) is 11.7 Å². The molecule has 0 atom stereocenters. The second kappa shape index (κ2) is 8.16. The summed E-state index contributed by atoms with van der Waals surface area (Å²) in [7, 11) is 0. The van der Waals surface area contributed by atoms with Crippen LogP contribution in [-0.2, 0) is 17.9 Å². The minimum Gasteiger partial charge on any atom is -0.354 e. The van der Waals surface area contributed by atoms with Gasteiger partial charge in [-0.15, -0.1) is 0 Å². The van der Waals surface area contributed by atoms with Crippen LogP contribution in [-0.4, -0.2) is 26.6 Å². The molecule has 0 aliphatic heterocycles. The van der Waals surface area contributed by atoms with Gasteiger partial charge in [0.05, 0.1) is 12.1 Å². The van der Waals surface area contributed by atoms with E-state index in [1.54, 1.807) is 33.5 Å². The molecular formula is C20H23FN4O2. The molecule has 1 N–H and O–H groups in total. The fourth-order valence-corrected chi connectivity index (χ4v) is 3.02. The second-order valence-electron chi connectivity index (χ2n) is 6.94. The summed E-state index contributed by atoms with van der Waals surface area (Å²) in [5.74, 6) is -0.0552. The molecule has 1 aromatic carbocycles. The van der Waals surface area contributed by atoms with E-state index in [0.717, 1.165) is 5.56 Å². The molecule has 7 heteroatoms. The molecule has 27 heavy (non-hydrogen) atoms. The normalized spacial score (nSPS) is 11.3. The Labute approximate surface area is 156 Å². The first-order valence-electron chi connectivity index (χ1n) is 9.01. The summed E-state index contributed by atoms with van der Waals surface area (Å²) in [6.45, 7) is 4.99. The number of imidazole rings is 1. The zero-order valence-corrected chi connectivity index (χ0v) is 15.5. The maximum absolute atomic E-state index is 13.1. The summed E-state index contributed by atoms with van der Waals surface area (Å²) in [5.41, 5.74) is 1.90. The summed E-state index contributed by atoms with van der Waals surface area (Å²) in [6.07, 6.45) is 2.09. The van der Waals surface area contributed by atoms with Gasteiger partial charge >= 0.3 is 5.69 Å². The minimum absolute atomic E-state index is 0.0268. The second-order valence-corrected chi connectivity index (χ2v) is 6.94. The van der Waals surface area contributed by atoms with Crippen LogP contribution in [0.2, 0.25) is 0 Å². The predicted molar refractivity (Wildman–Crippen MR) is 102 cm³/mol. The summed E-state index contributed by atoms with van der Waals surface area (Å²) in [5, 5.41) is 2.84. The van der Waals surface area contributed by atoms with Gasteiger partial charge in [0.1, 0.15) is 5.82 Å². The lowest BCUT2D eigenvalue weighted by Gasteiger charge is -2.07. The fraction of sp³-hybridized carbons (Fsp3) is 0.350. The average Bonchev–Trinajstić information content (AvgIpc) is 2.89. The third kappa shape index (κ3) is 4.42. The smallest absolute Gasteiger partial charge is 0.330 e. The molecule has 6 nitrogen and oxygen atoms in total. The highest BCUT2D eigenvalue weighted by atomic mass is 19.1. The van der Waals surface area contributed by atoms with E-state index in [1.807, 2.05) is 19.9 Å². The van der Waals surface area contributed by atoms with E-state index < -0.39 is 0 Å². The van der Waals surface area contributed by atoms with Crippen LogP contribution in [0.25, 0.3) is 11.2 Å². The van der Waals surface area contributed by atoms with Crippen LogP contribution in [0.1, 0.15) is 25.8 Å². The number of carbonyl (C=O) groups excluding carboxylic acids is 1. The van der Waals surface area contributed by atoms with E-state index >= 15 is 0 Å². The molecule has 0 aliphatic carbocycles. The van der Waals surface area contributed by atoms with Crippen LogP contribution in [0.15, 0.2) is 47.4 Å². The molecule has 3 aromatic rings. The molecule has 0 spiro atoms. The maximum Gasteiger partial charge on any atom is 0.330 e. The van der Waals surface area contributed by atoms with E-state index in [1.165, 1.54) is 12.1 Å². The number of amides is 1. The number of aromatic nitrogens is 3. The number of rotatable bonds is 7. The van der Waals surface area contributed by atoms with Crippen molar-refractivity contribution >= 4 is 17.1 Å². The molecule has 2 heterocycles. The lowest BCUT2D eigenvalue weighted by atomic mass is 10.1. The lowest BCUT2D eigenvalue weighted by molar-refractivity contribution is -0.121. The molecule has 0 saturated heterocycles. The topological polar surface area (TPSA) is 68.9 Å². The molecule has 0 radical (unpaired) electrons. The summed E-state index contributed by atoms with van der Waals surface area (Å²) >= 11 is 0. The van der Waals surface area contributed by atoms with Crippen molar-refractivity contribution in [2.75, 3.05) is 6.54 Å². The number of hydrogen-bond donors (Lipinski definition) is 1.